The van der Waals surface area contributed by atoms with Gasteiger partial charge in [-0.3, -0.25) is 4.79 Å². The largest absolute Gasteiger partial charge is 0.371 e. The van der Waals surface area contributed by atoms with E-state index >= 15 is 0 Å². The highest BCUT2D eigenvalue weighted by molar-refractivity contribution is 7.08. The van der Waals surface area contributed by atoms with E-state index in [9.17, 15) is 9.18 Å². The van der Waals surface area contributed by atoms with Crippen molar-refractivity contribution in [2.75, 3.05) is 23.3 Å². The van der Waals surface area contributed by atoms with Crippen molar-refractivity contribution in [3.8, 4) is 0 Å². The molecule has 116 valence electrons. The molecule has 1 aromatic carbocycles. The third-order valence-electron chi connectivity index (χ3n) is 3.71. The van der Waals surface area contributed by atoms with Crippen LogP contribution in [0.5, 0.6) is 0 Å². The molecule has 1 N–H and O–H groups in total. The van der Waals surface area contributed by atoms with E-state index in [1.165, 1.54) is 12.1 Å². The van der Waals surface area contributed by atoms with E-state index in [0.717, 1.165) is 43.2 Å². The quantitative estimate of drug-likeness (QED) is 0.940. The van der Waals surface area contributed by atoms with Crippen LogP contribution in [0.2, 0.25) is 0 Å². The second-order valence-corrected chi connectivity index (χ2v) is 6.00. The van der Waals surface area contributed by atoms with Gasteiger partial charge in [0.25, 0.3) is 5.91 Å². The SMILES string of the molecule is CCc1nnsc1C(=O)Nc1cc(F)cc(N2CCCC2)c1. The summed E-state index contributed by atoms with van der Waals surface area (Å²) < 4.78 is 17.6. The van der Waals surface area contributed by atoms with Crippen LogP contribution in [0, 0.1) is 5.82 Å². The number of rotatable bonds is 4. The fourth-order valence-electron chi connectivity index (χ4n) is 2.60. The van der Waals surface area contributed by atoms with Gasteiger partial charge in [0.15, 0.2) is 0 Å². The van der Waals surface area contributed by atoms with Gasteiger partial charge in [-0.2, -0.15) is 0 Å². The van der Waals surface area contributed by atoms with E-state index in [1.54, 1.807) is 0 Å². The van der Waals surface area contributed by atoms with E-state index in [1.807, 2.05) is 13.0 Å². The summed E-state index contributed by atoms with van der Waals surface area (Å²) in [6.45, 7) is 3.77. The Morgan fingerprint density at radius 2 is 2.14 bits per heavy atom. The molecule has 22 heavy (non-hydrogen) atoms. The van der Waals surface area contributed by atoms with E-state index < -0.39 is 0 Å². The van der Waals surface area contributed by atoms with E-state index in [-0.39, 0.29) is 11.7 Å². The van der Waals surface area contributed by atoms with E-state index in [4.69, 9.17) is 0 Å². The van der Waals surface area contributed by atoms with Crippen molar-refractivity contribution < 1.29 is 9.18 Å². The average Bonchev–Trinajstić information content (AvgIpc) is 3.18. The van der Waals surface area contributed by atoms with Crippen LogP contribution in [0.15, 0.2) is 18.2 Å². The molecule has 3 rings (SSSR count). The van der Waals surface area contributed by atoms with Crippen molar-refractivity contribution in [2.45, 2.75) is 26.2 Å². The summed E-state index contributed by atoms with van der Waals surface area (Å²) in [7, 11) is 0. The van der Waals surface area contributed by atoms with Gasteiger partial charge >= 0.3 is 0 Å². The first kappa shape index (κ1) is 14.9. The van der Waals surface area contributed by atoms with Gasteiger partial charge < -0.3 is 10.2 Å². The molecule has 0 saturated carbocycles. The maximum Gasteiger partial charge on any atom is 0.269 e. The highest BCUT2D eigenvalue weighted by Gasteiger charge is 2.17. The molecule has 1 amide bonds. The van der Waals surface area contributed by atoms with E-state index in [0.29, 0.717) is 22.7 Å². The van der Waals surface area contributed by atoms with Crippen LogP contribution >= 0.6 is 11.5 Å². The zero-order valence-corrected chi connectivity index (χ0v) is 13.1. The van der Waals surface area contributed by atoms with Crippen molar-refractivity contribution in [1.82, 2.24) is 9.59 Å². The molecule has 0 unspecified atom stereocenters. The second kappa shape index (κ2) is 6.39. The van der Waals surface area contributed by atoms with Crippen molar-refractivity contribution in [1.29, 1.82) is 0 Å². The summed E-state index contributed by atoms with van der Waals surface area (Å²) >= 11 is 1.06. The molecule has 2 heterocycles. The number of hydrogen-bond acceptors (Lipinski definition) is 5. The number of carbonyl (C=O) groups is 1. The maximum absolute atomic E-state index is 13.8. The summed E-state index contributed by atoms with van der Waals surface area (Å²) in [5, 5.41) is 6.67. The van der Waals surface area contributed by atoms with Gasteiger partial charge in [0.05, 0.1) is 5.69 Å². The minimum absolute atomic E-state index is 0.287. The fourth-order valence-corrected chi connectivity index (χ4v) is 3.25. The van der Waals surface area contributed by atoms with Crippen LogP contribution in [0.4, 0.5) is 15.8 Å². The number of aromatic nitrogens is 2. The first-order valence-corrected chi connectivity index (χ1v) is 8.13. The third-order valence-corrected chi connectivity index (χ3v) is 4.48. The predicted molar refractivity (Wildman–Crippen MR) is 85.1 cm³/mol. The van der Waals surface area contributed by atoms with Gasteiger partial charge in [0.1, 0.15) is 10.7 Å². The Balaban J connectivity index is 1.81. The second-order valence-electron chi connectivity index (χ2n) is 5.25. The molecule has 0 aliphatic carbocycles. The van der Waals surface area contributed by atoms with Crippen LogP contribution in [0.25, 0.3) is 0 Å². The monoisotopic (exact) mass is 320 g/mol. The summed E-state index contributed by atoms with van der Waals surface area (Å²) in [6.07, 6.45) is 2.87. The van der Waals surface area contributed by atoms with Crippen LogP contribution in [-0.4, -0.2) is 28.6 Å². The van der Waals surface area contributed by atoms with Crippen molar-refractivity contribution >= 4 is 28.8 Å². The van der Waals surface area contributed by atoms with Gasteiger partial charge in [-0.1, -0.05) is 11.4 Å². The Hall–Kier alpha value is -2.02. The van der Waals surface area contributed by atoms with Crippen molar-refractivity contribution in [2.24, 2.45) is 0 Å². The summed E-state index contributed by atoms with van der Waals surface area (Å²) in [5.74, 6) is -0.636. The van der Waals surface area contributed by atoms with Gasteiger partial charge in [0, 0.05) is 24.5 Å². The smallest absolute Gasteiger partial charge is 0.269 e. The number of hydrogen-bond donors (Lipinski definition) is 1. The molecular weight excluding hydrogens is 303 g/mol. The molecule has 1 aromatic heterocycles. The topological polar surface area (TPSA) is 58.1 Å². The lowest BCUT2D eigenvalue weighted by atomic mass is 10.2. The van der Waals surface area contributed by atoms with E-state index in [2.05, 4.69) is 19.8 Å². The normalized spacial score (nSPS) is 14.4. The molecule has 0 atom stereocenters. The van der Waals surface area contributed by atoms with Gasteiger partial charge in [-0.05, 0) is 49.0 Å². The molecule has 1 fully saturated rings. The number of carbonyl (C=O) groups excluding carboxylic acids is 1. The molecule has 1 aliphatic heterocycles. The number of amides is 1. The lowest BCUT2D eigenvalue weighted by molar-refractivity contribution is 0.102. The van der Waals surface area contributed by atoms with Crippen LogP contribution in [0.3, 0.4) is 0 Å². The molecule has 2 aromatic rings. The highest BCUT2D eigenvalue weighted by atomic mass is 32.1. The first-order chi connectivity index (χ1) is 10.7. The molecule has 1 aliphatic rings. The Labute approximate surface area is 132 Å². The lowest BCUT2D eigenvalue weighted by Crippen LogP contribution is -2.18. The number of nitrogens with zero attached hydrogens (tertiary/aromatic N) is 3. The number of halogens is 1. The molecule has 0 bridgehead atoms. The molecular formula is C15H17FN4OS. The van der Waals surface area contributed by atoms with Gasteiger partial charge in [0.2, 0.25) is 0 Å². The summed E-state index contributed by atoms with van der Waals surface area (Å²) in [5.41, 5.74) is 1.94. The minimum atomic E-state index is -0.349. The Morgan fingerprint density at radius 1 is 1.36 bits per heavy atom. The standard InChI is InChI=1S/C15H17FN4OS/c1-2-13-14(22-19-18-13)15(21)17-11-7-10(16)8-12(9-11)20-5-3-4-6-20/h7-9H,2-6H2,1H3,(H,17,21). The average molecular weight is 320 g/mol. The fraction of sp³-hybridized carbons (Fsp3) is 0.400. The Morgan fingerprint density at radius 3 is 2.86 bits per heavy atom. The first-order valence-electron chi connectivity index (χ1n) is 7.35. The summed E-state index contributed by atoms with van der Waals surface area (Å²) in [6, 6.07) is 4.65. The molecule has 0 spiro atoms. The lowest BCUT2D eigenvalue weighted by Gasteiger charge is -2.18. The van der Waals surface area contributed by atoms with Crippen LogP contribution in [0.1, 0.15) is 35.1 Å². The number of aryl methyl sites for hydroxylation is 1. The molecule has 7 heteroatoms. The predicted octanol–water partition coefficient (Wildman–Crippen LogP) is 3.09. The molecule has 0 radical (unpaired) electrons. The highest BCUT2D eigenvalue weighted by Crippen LogP contribution is 2.26. The molecule has 5 nitrogen and oxygen atoms in total. The Bertz CT molecular complexity index is 682. The number of nitrogens with one attached hydrogen (secondary N) is 1. The maximum atomic E-state index is 13.8. The number of benzene rings is 1. The molecule has 1 saturated heterocycles. The van der Waals surface area contributed by atoms with Crippen LogP contribution in [-0.2, 0) is 6.42 Å². The number of anilines is 2. The zero-order valence-electron chi connectivity index (χ0n) is 12.3. The zero-order chi connectivity index (χ0) is 15.5. The Kier molecular flexibility index (Phi) is 4.33. The summed E-state index contributed by atoms with van der Waals surface area (Å²) in [4.78, 5) is 14.9. The minimum Gasteiger partial charge on any atom is -0.371 e. The van der Waals surface area contributed by atoms with Gasteiger partial charge in [-0.15, -0.1) is 5.10 Å². The van der Waals surface area contributed by atoms with Gasteiger partial charge in [-0.25, -0.2) is 4.39 Å². The van der Waals surface area contributed by atoms with Crippen molar-refractivity contribution in [3.05, 3.63) is 34.6 Å². The van der Waals surface area contributed by atoms with Crippen molar-refractivity contribution in [3.63, 3.8) is 0 Å². The van der Waals surface area contributed by atoms with Crippen LogP contribution < -0.4 is 10.2 Å². The third kappa shape index (κ3) is 3.09.